The molecule has 50 valence electrons. The van der Waals surface area contributed by atoms with Gasteiger partial charge in [-0.25, -0.2) is 0 Å². The highest BCUT2D eigenvalue weighted by molar-refractivity contribution is 5.11. The monoisotopic (exact) mass is 122 g/mol. The van der Waals surface area contributed by atoms with Crippen molar-refractivity contribution in [3.05, 3.63) is 24.8 Å². The molecule has 0 heteroatoms. The smallest absolute Gasteiger partial charge is 0.0173 e. The van der Waals surface area contributed by atoms with E-state index in [1.807, 2.05) is 12.2 Å². The first-order valence-corrected chi connectivity index (χ1v) is 3.46. The van der Waals surface area contributed by atoms with E-state index in [-0.39, 0.29) is 0 Å². The minimum Gasteiger partial charge on any atom is -0.0991 e. The van der Waals surface area contributed by atoms with Crippen LogP contribution in [0.3, 0.4) is 0 Å². The van der Waals surface area contributed by atoms with Crippen molar-refractivity contribution in [2.75, 3.05) is 0 Å². The molecule has 0 spiro atoms. The van der Waals surface area contributed by atoms with Crippen LogP contribution in [0, 0.1) is 11.3 Å². The maximum atomic E-state index is 3.62. The first kappa shape index (κ1) is 6.60. The quantitative estimate of drug-likeness (QED) is 0.494. The Bertz CT molecular complexity index is 140. The fraction of sp³-hybridized carbons (Fsp3) is 0.556. The second kappa shape index (κ2) is 2.02. The summed E-state index contributed by atoms with van der Waals surface area (Å²) in [4.78, 5) is 0. The molecular weight excluding hydrogens is 108 g/mol. The Hall–Kier alpha value is -0.520. The number of hydrogen-bond acceptors (Lipinski definition) is 0. The molecule has 1 aliphatic carbocycles. The molecule has 1 rings (SSSR count). The molecule has 0 aromatic carbocycles. The minimum atomic E-state index is 0.583. The number of hydrogen-bond donors (Lipinski definition) is 0. The highest BCUT2D eigenvalue weighted by Crippen LogP contribution is 2.52. The van der Waals surface area contributed by atoms with Gasteiger partial charge < -0.3 is 0 Å². The van der Waals surface area contributed by atoms with Gasteiger partial charge in [-0.1, -0.05) is 38.7 Å². The third kappa shape index (κ3) is 1.44. The molecule has 0 saturated heterocycles. The SMILES string of the molecule is C=C/C=C/C1CC1(C)C. The van der Waals surface area contributed by atoms with E-state index < -0.39 is 0 Å². The lowest BCUT2D eigenvalue weighted by Gasteiger charge is -1.94. The van der Waals surface area contributed by atoms with Crippen LogP contribution in [0.5, 0.6) is 0 Å². The van der Waals surface area contributed by atoms with Gasteiger partial charge in [0.2, 0.25) is 0 Å². The molecule has 1 aliphatic rings. The number of allylic oxidation sites excluding steroid dienone is 3. The normalized spacial score (nSPS) is 30.7. The van der Waals surface area contributed by atoms with Gasteiger partial charge in [0, 0.05) is 0 Å². The van der Waals surface area contributed by atoms with Crippen molar-refractivity contribution in [3.63, 3.8) is 0 Å². The highest BCUT2D eigenvalue weighted by Gasteiger charge is 2.43. The van der Waals surface area contributed by atoms with Crippen molar-refractivity contribution in [2.45, 2.75) is 20.3 Å². The van der Waals surface area contributed by atoms with Crippen LogP contribution in [0.25, 0.3) is 0 Å². The molecule has 0 amide bonds. The van der Waals surface area contributed by atoms with Crippen LogP contribution in [-0.2, 0) is 0 Å². The predicted molar refractivity (Wildman–Crippen MR) is 41.2 cm³/mol. The fourth-order valence-corrected chi connectivity index (χ4v) is 1.05. The largest absolute Gasteiger partial charge is 0.0991 e. The van der Waals surface area contributed by atoms with Gasteiger partial charge in [-0.2, -0.15) is 0 Å². The first-order chi connectivity index (χ1) is 4.17. The summed E-state index contributed by atoms with van der Waals surface area (Å²) in [7, 11) is 0. The van der Waals surface area contributed by atoms with E-state index in [9.17, 15) is 0 Å². The molecule has 0 nitrogen and oxygen atoms in total. The predicted octanol–water partition coefficient (Wildman–Crippen LogP) is 2.77. The summed E-state index contributed by atoms with van der Waals surface area (Å²) in [6, 6.07) is 0. The average molecular weight is 122 g/mol. The Morgan fingerprint density at radius 2 is 2.11 bits per heavy atom. The zero-order chi connectivity index (χ0) is 6.91. The molecule has 1 atom stereocenters. The third-order valence-electron chi connectivity index (χ3n) is 2.07. The highest BCUT2D eigenvalue weighted by atomic mass is 14.5. The Morgan fingerprint density at radius 1 is 1.56 bits per heavy atom. The maximum Gasteiger partial charge on any atom is -0.0173 e. The summed E-state index contributed by atoms with van der Waals surface area (Å²) in [5.41, 5.74) is 0.583. The zero-order valence-corrected chi connectivity index (χ0v) is 6.22. The van der Waals surface area contributed by atoms with Crippen LogP contribution >= 0.6 is 0 Å². The molecule has 0 bridgehead atoms. The Kier molecular flexibility index (Phi) is 1.48. The molecule has 9 heavy (non-hydrogen) atoms. The molecule has 0 radical (unpaired) electrons. The molecule has 1 fully saturated rings. The lowest BCUT2D eigenvalue weighted by atomic mass is 10.1. The zero-order valence-electron chi connectivity index (χ0n) is 6.22. The van der Waals surface area contributed by atoms with Gasteiger partial charge in [-0.05, 0) is 17.8 Å². The van der Waals surface area contributed by atoms with Gasteiger partial charge in [-0.3, -0.25) is 0 Å². The molecule has 0 aromatic heterocycles. The van der Waals surface area contributed by atoms with E-state index in [2.05, 4.69) is 26.5 Å². The molecule has 0 N–H and O–H groups in total. The van der Waals surface area contributed by atoms with Crippen molar-refractivity contribution in [1.29, 1.82) is 0 Å². The van der Waals surface area contributed by atoms with Crippen LogP contribution in [0.4, 0.5) is 0 Å². The summed E-state index contributed by atoms with van der Waals surface area (Å²) in [6.07, 6.45) is 7.47. The lowest BCUT2D eigenvalue weighted by molar-refractivity contribution is 0.610. The van der Waals surface area contributed by atoms with E-state index in [1.165, 1.54) is 6.42 Å². The number of rotatable bonds is 2. The van der Waals surface area contributed by atoms with E-state index in [0.29, 0.717) is 5.41 Å². The van der Waals surface area contributed by atoms with Crippen LogP contribution in [0.1, 0.15) is 20.3 Å². The Balaban J connectivity index is 2.35. The van der Waals surface area contributed by atoms with E-state index >= 15 is 0 Å². The van der Waals surface area contributed by atoms with Crippen LogP contribution in [0.15, 0.2) is 24.8 Å². The van der Waals surface area contributed by atoms with Crippen molar-refractivity contribution in [1.82, 2.24) is 0 Å². The Morgan fingerprint density at radius 3 is 2.44 bits per heavy atom. The van der Waals surface area contributed by atoms with Crippen molar-refractivity contribution in [2.24, 2.45) is 11.3 Å². The van der Waals surface area contributed by atoms with Crippen molar-refractivity contribution >= 4 is 0 Å². The summed E-state index contributed by atoms with van der Waals surface area (Å²) in [6.45, 7) is 8.21. The molecule has 0 heterocycles. The summed E-state index contributed by atoms with van der Waals surface area (Å²) in [5.74, 6) is 0.815. The first-order valence-electron chi connectivity index (χ1n) is 3.46. The van der Waals surface area contributed by atoms with Crippen molar-refractivity contribution in [3.8, 4) is 0 Å². The van der Waals surface area contributed by atoms with Gasteiger partial charge >= 0.3 is 0 Å². The molecule has 0 aliphatic heterocycles. The van der Waals surface area contributed by atoms with Gasteiger partial charge in [0.05, 0.1) is 0 Å². The van der Waals surface area contributed by atoms with Gasteiger partial charge in [0.15, 0.2) is 0 Å². The summed E-state index contributed by atoms with van der Waals surface area (Å²) >= 11 is 0. The molecule has 0 aromatic rings. The second-order valence-corrected chi connectivity index (χ2v) is 3.42. The molecular formula is C9H14. The Labute approximate surface area is 57.3 Å². The standard InChI is InChI=1S/C9H14/c1-4-5-6-8-7-9(8,2)3/h4-6,8H,1,7H2,2-3H3/b6-5+. The van der Waals surface area contributed by atoms with Crippen LogP contribution < -0.4 is 0 Å². The third-order valence-corrected chi connectivity index (χ3v) is 2.07. The average Bonchev–Trinajstić information content (AvgIpc) is 2.35. The van der Waals surface area contributed by atoms with E-state index in [4.69, 9.17) is 0 Å². The second-order valence-electron chi connectivity index (χ2n) is 3.42. The fourth-order valence-electron chi connectivity index (χ4n) is 1.05. The lowest BCUT2D eigenvalue weighted by Crippen LogP contribution is -1.84. The van der Waals surface area contributed by atoms with Crippen LogP contribution in [0.2, 0.25) is 0 Å². The topological polar surface area (TPSA) is 0 Å². The van der Waals surface area contributed by atoms with Gasteiger partial charge in [-0.15, -0.1) is 0 Å². The van der Waals surface area contributed by atoms with E-state index in [1.54, 1.807) is 0 Å². The maximum absolute atomic E-state index is 3.62. The molecule has 1 saturated carbocycles. The van der Waals surface area contributed by atoms with Gasteiger partial charge in [0.25, 0.3) is 0 Å². The molecule has 1 unspecified atom stereocenters. The summed E-state index contributed by atoms with van der Waals surface area (Å²) < 4.78 is 0. The minimum absolute atomic E-state index is 0.583. The van der Waals surface area contributed by atoms with Crippen molar-refractivity contribution < 1.29 is 0 Å². The van der Waals surface area contributed by atoms with E-state index in [0.717, 1.165) is 5.92 Å². The van der Waals surface area contributed by atoms with Crippen LogP contribution in [-0.4, -0.2) is 0 Å². The summed E-state index contributed by atoms with van der Waals surface area (Å²) in [5, 5.41) is 0. The van der Waals surface area contributed by atoms with Gasteiger partial charge in [0.1, 0.15) is 0 Å².